The molecule has 9 nitrogen and oxygen atoms in total. The number of ether oxygens (including phenoxy) is 4. The molecular weight excluding hydrogens is 696 g/mol. The summed E-state index contributed by atoms with van der Waals surface area (Å²) in [6.45, 7) is 4.28. The molecule has 1 saturated heterocycles. The van der Waals surface area contributed by atoms with Crippen molar-refractivity contribution in [2.75, 3.05) is 26.4 Å². The summed E-state index contributed by atoms with van der Waals surface area (Å²) in [4.78, 5) is 12.6. The van der Waals surface area contributed by atoms with Gasteiger partial charge < -0.3 is 39.4 Å². The second-order valence-electron chi connectivity index (χ2n) is 14.1. The van der Waals surface area contributed by atoms with Crippen LogP contribution in [0.4, 0.5) is 0 Å². The molecule has 0 aromatic heterocycles. The molecule has 1 fully saturated rings. The normalized spacial score (nSPS) is 21.6. The molecule has 4 N–H and O–H groups in total. The van der Waals surface area contributed by atoms with Gasteiger partial charge in [-0.2, -0.15) is 0 Å². The maximum Gasteiger partial charge on any atom is 0.306 e. The number of allylic oxidation sites excluding steroid dienone is 14. The topological polar surface area (TPSA) is 135 Å². The first kappa shape index (κ1) is 50.4. The molecule has 1 aliphatic rings. The minimum atomic E-state index is -1.54. The molecule has 1 rings (SSSR count). The molecule has 1 heterocycles. The fourth-order valence-corrected chi connectivity index (χ4v) is 5.76. The van der Waals surface area contributed by atoms with Crippen LogP contribution in [0.3, 0.4) is 0 Å². The molecule has 0 spiro atoms. The summed E-state index contributed by atoms with van der Waals surface area (Å²) in [5, 5.41) is 39.9. The highest BCUT2D eigenvalue weighted by molar-refractivity contribution is 5.69. The van der Waals surface area contributed by atoms with Crippen LogP contribution in [0.1, 0.15) is 136 Å². The third-order valence-corrected chi connectivity index (χ3v) is 9.08. The van der Waals surface area contributed by atoms with E-state index in [4.69, 9.17) is 18.9 Å². The van der Waals surface area contributed by atoms with Crippen molar-refractivity contribution >= 4 is 5.97 Å². The van der Waals surface area contributed by atoms with Crippen molar-refractivity contribution in [2.45, 2.75) is 173 Å². The Morgan fingerprint density at radius 3 is 1.67 bits per heavy atom. The van der Waals surface area contributed by atoms with Gasteiger partial charge in [0.1, 0.15) is 30.5 Å². The number of rotatable bonds is 34. The summed E-state index contributed by atoms with van der Waals surface area (Å²) < 4.78 is 22.6. The number of carbonyl (C=O) groups excluding carboxylic acids is 1. The first-order valence-electron chi connectivity index (χ1n) is 21.2. The predicted molar refractivity (Wildman–Crippen MR) is 223 cm³/mol. The van der Waals surface area contributed by atoms with Gasteiger partial charge in [-0.25, -0.2) is 0 Å². The summed E-state index contributed by atoms with van der Waals surface area (Å²) in [6.07, 6.45) is 42.2. The number of hydrogen-bond donors (Lipinski definition) is 4. The molecule has 0 radical (unpaired) electrons. The van der Waals surface area contributed by atoms with Gasteiger partial charge in [-0.15, -0.1) is 0 Å². The third kappa shape index (κ3) is 28.4. The number of unbranched alkanes of at least 4 members (excludes halogenated alkanes) is 9. The molecule has 0 bridgehead atoms. The van der Waals surface area contributed by atoms with E-state index in [-0.39, 0.29) is 19.2 Å². The first-order chi connectivity index (χ1) is 26.9. The van der Waals surface area contributed by atoms with Crippen LogP contribution >= 0.6 is 0 Å². The van der Waals surface area contributed by atoms with Crippen LogP contribution in [0, 0.1) is 0 Å². The quantitative estimate of drug-likeness (QED) is 0.0287. The van der Waals surface area contributed by atoms with Crippen molar-refractivity contribution in [3.63, 3.8) is 0 Å². The van der Waals surface area contributed by atoms with Gasteiger partial charge in [0.25, 0.3) is 0 Å². The molecule has 9 heteroatoms. The van der Waals surface area contributed by atoms with E-state index in [1.54, 1.807) is 0 Å². The lowest BCUT2D eigenvalue weighted by Gasteiger charge is -2.39. The zero-order valence-corrected chi connectivity index (χ0v) is 34.1. The maximum atomic E-state index is 12.6. The van der Waals surface area contributed by atoms with Crippen molar-refractivity contribution in [3.05, 3.63) is 85.1 Å². The summed E-state index contributed by atoms with van der Waals surface area (Å²) in [5.41, 5.74) is 0. The highest BCUT2D eigenvalue weighted by Gasteiger charge is 2.44. The minimum Gasteiger partial charge on any atom is -0.457 e. The molecule has 0 aliphatic carbocycles. The molecular formula is C46H76O9. The number of esters is 1. The first-order valence-corrected chi connectivity index (χ1v) is 21.2. The van der Waals surface area contributed by atoms with E-state index in [1.807, 2.05) is 0 Å². The predicted octanol–water partition coefficient (Wildman–Crippen LogP) is 9.08. The summed E-state index contributed by atoms with van der Waals surface area (Å²) in [7, 11) is 0. The minimum absolute atomic E-state index is 0.122. The third-order valence-electron chi connectivity index (χ3n) is 9.08. The van der Waals surface area contributed by atoms with Gasteiger partial charge in [0, 0.05) is 13.0 Å². The second-order valence-corrected chi connectivity index (χ2v) is 14.1. The van der Waals surface area contributed by atoms with Gasteiger partial charge in [-0.3, -0.25) is 4.79 Å². The van der Waals surface area contributed by atoms with E-state index >= 15 is 0 Å². The van der Waals surface area contributed by atoms with Crippen molar-refractivity contribution < 1.29 is 44.2 Å². The molecule has 0 aromatic rings. The smallest absolute Gasteiger partial charge is 0.306 e. The maximum absolute atomic E-state index is 12.6. The Bertz CT molecular complexity index is 1110. The number of aliphatic hydroxyl groups excluding tert-OH is 4. The lowest BCUT2D eigenvalue weighted by atomic mass is 9.99. The molecule has 0 amide bonds. The van der Waals surface area contributed by atoms with Crippen LogP contribution in [0.5, 0.6) is 0 Å². The molecule has 55 heavy (non-hydrogen) atoms. The Balaban J connectivity index is 2.20. The second kappa shape index (κ2) is 37.0. The summed E-state index contributed by atoms with van der Waals surface area (Å²) in [6, 6.07) is 0. The van der Waals surface area contributed by atoms with E-state index in [2.05, 4.69) is 98.9 Å². The Hall–Kier alpha value is -2.63. The molecule has 0 saturated carbocycles. The fraction of sp³-hybridized carbons (Fsp3) is 0.674. The van der Waals surface area contributed by atoms with E-state index in [0.717, 1.165) is 103 Å². The Morgan fingerprint density at radius 1 is 0.600 bits per heavy atom. The Labute approximate surface area is 333 Å². The van der Waals surface area contributed by atoms with Crippen molar-refractivity contribution in [2.24, 2.45) is 0 Å². The van der Waals surface area contributed by atoms with Crippen LogP contribution in [0.15, 0.2) is 85.1 Å². The highest BCUT2D eigenvalue weighted by Crippen LogP contribution is 2.22. The fourth-order valence-electron chi connectivity index (χ4n) is 5.76. The van der Waals surface area contributed by atoms with Gasteiger partial charge in [-0.1, -0.05) is 144 Å². The Kier molecular flexibility index (Phi) is 33.9. The average Bonchev–Trinajstić information content (AvgIpc) is 3.18. The van der Waals surface area contributed by atoms with Crippen LogP contribution in [0.2, 0.25) is 0 Å². The number of aliphatic hydroxyl groups is 4. The Morgan fingerprint density at radius 2 is 1.11 bits per heavy atom. The molecule has 1 aliphatic heterocycles. The van der Waals surface area contributed by atoms with E-state index in [1.165, 1.54) is 12.8 Å². The lowest BCUT2D eigenvalue weighted by Crippen LogP contribution is -2.59. The lowest BCUT2D eigenvalue weighted by molar-refractivity contribution is -0.305. The van der Waals surface area contributed by atoms with Gasteiger partial charge in [0.2, 0.25) is 0 Å². The highest BCUT2D eigenvalue weighted by atomic mass is 16.7. The van der Waals surface area contributed by atoms with Crippen LogP contribution in [0.25, 0.3) is 0 Å². The van der Waals surface area contributed by atoms with Gasteiger partial charge >= 0.3 is 5.97 Å². The largest absolute Gasteiger partial charge is 0.457 e. The number of carbonyl (C=O) groups is 1. The van der Waals surface area contributed by atoms with Gasteiger partial charge in [0.05, 0.1) is 19.8 Å². The van der Waals surface area contributed by atoms with Gasteiger partial charge in [-0.05, 0) is 70.6 Å². The standard InChI is InChI=1S/C46H76O9/c1-3-5-7-9-11-12-13-14-15-16-17-18-19-20-21-22-23-24-25-26-27-28-29-30-32-34-36-52-38-40(54-42(48)35-33-31-10-8-6-4-2)39-53-46-45(51)44(50)43(49)41(37-47)55-46/h5,7,11-12,14-15,17-18,20-21,23-24,26-27,40-41,43-47,49-51H,3-4,6,8-10,13,16,19,22,25,28-39H2,1-2H3/b7-5-,12-11-,15-14-,18-17-,21-20-,24-23-,27-26-. The molecule has 0 aromatic carbocycles. The summed E-state index contributed by atoms with van der Waals surface area (Å²) >= 11 is 0. The zero-order chi connectivity index (χ0) is 40.0. The molecule has 6 unspecified atom stereocenters. The molecule has 6 atom stereocenters. The monoisotopic (exact) mass is 773 g/mol. The summed E-state index contributed by atoms with van der Waals surface area (Å²) in [5.74, 6) is -0.338. The van der Waals surface area contributed by atoms with Crippen LogP contribution in [-0.4, -0.2) is 89.6 Å². The van der Waals surface area contributed by atoms with Crippen LogP contribution < -0.4 is 0 Å². The van der Waals surface area contributed by atoms with E-state index < -0.39 is 43.4 Å². The van der Waals surface area contributed by atoms with E-state index in [0.29, 0.717) is 13.0 Å². The number of hydrogen-bond acceptors (Lipinski definition) is 9. The van der Waals surface area contributed by atoms with Crippen molar-refractivity contribution in [1.82, 2.24) is 0 Å². The van der Waals surface area contributed by atoms with Crippen molar-refractivity contribution in [1.29, 1.82) is 0 Å². The van der Waals surface area contributed by atoms with E-state index in [9.17, 15) is 25.2 Å². The average molecular weight is 773 g/mol. The SMILES string of the molecule is CC/C=C\C/C=C\C/C=C\C/C=C\C/C=C\C/C=C\C/C=C\CCCCCCOCC(COC1OC(CO)C(O)C(O)C1O)OC(=O)CCCCCCCC. The van der Waals surface area contributed by atoms with Crippen LogP contribution in [-0.2, 0) is 23.7 Å². The van der Waals surface area contributed by atoms with Gasteiger partial charge in [0.15, 0.2) is 6.29 Å². The zero-order valence-electron chi connectivity index (χ0n) is 34.1. The van der Waals surface area contributed by atoms with Crippen molar-refractivity contribution in [3.8, 4) is 0 Å². The molecule has 314 valence electrons.